The summed E-state index contributed by atoms with van der Waals surface area (Å²) < 4.78 is 0. The summed E-state index contributed by atoms with van der Waals surface area (Å²) in [5, 5.41) is 14.7. The lowest BCUT2D eigenvalue weighted by Crippen LogP contribution is -2.53. The Hall–Kier alpha value is -0.0800. The van der Waals surface area contributed by atoms with Crippen molar-refractivity contribution in [2.24, 2.45) is 11.8 Å². The van der Waals surface area contributed by atoms with Crippen LogP contribution in [0.5, 0.6) is 0 Å². The Balaban J connectivity index is 1.69. The summed E-state index contributed by atoms with van der Waals surface area (Å²) >= 11 is 0. The van der Waals surface area contributed by atoms with E-state index in [4.69, 9.17) is 0 Å². The maximum Gasteiger partial charge on any atom is 0.0705 e. The third-order valence-electron chi connectivity index (χ3n) is 5.65. The summed E-state index contributed by atoms with van der Waals surface area (Å²) in [5.41, 5.74) is -0.328. The number of hydrogen-bond acceptors (Lipinski definition) is 2. The second kappa shape index (κ2) is 4.55. The Labute approximate surface area is 105 Å². The van der Waals surface area contributed by atoms with Gasteiger partial charge < -0.3 is 10.4 Å². The highest BCUT2D eigenvalue weighted by Crippen LogP contribution is 2.45. The van der Waals surface area contributed by atoms with Gasteiger partial charge in [-0.3, -0.25) is 0 Å². The smallest absolute Gasteiger partial charge is 0.0705 e. The van der Waals surface area contributed by atoms with Crippen LogP contribution >= 0.6 is 0 Å². The molecule has 4 unspecified atom stereocenters. The molecule has 0 aromatic heterocycles. The average molecular weight is 237 g/mol. The van der Waals surface area contributed by atoms with E-state index in [0.29, 0.717) is 18.0 Å². The highest BCUT2D eigenvalue weighted by molar-refractivity contribution is 5.03. The van der Waals surface area contributed by atoms with E-state index in [1.54, 1.807) is 0 Å². The van der Waals surface area contributed by atoms with Crippen molar-refractivity contribution in [3.63, 3.8) is 0 Å². The van der Waals surface area contributed by atoms with Crippen molar-refractivity contribution in [1.82, 2.24) is 5.32 Å². The standard InChI is InChI=1S/C15H27NO/c1-2-11-4-3-5-12(8-11)15(17)9-13-6-7-14(10-15)16-13/h11-14,16-17H,2-10H2,1H3. The van der Waals surface area contributed by atoms with Crippen LogP contribution < -0.4 is 5.32 Å². The van der Waals surface area contributed by atoms with Gasteiger partial charge in [-0.25, -0.2) is 0 Å². The van der Waals surface area contributed by atoms with Crippen molar-refractivity contribution in [2.45, 2.75) is 82.4 Å². The predicted molar refractivity (Wildman–Crippen MR) is 69.9 cm³/mol. The molecule has 2 heterocycles. The summed E-state index contributed by atoms with van der Waals surface area (Å²) in [6, 6.07) is 1.22. The molecule has 3 fully saturated rings. The minimum Gasteiger partial charge on any atom is -0.389 e. The molecule has 0 spiro atoms. The summed E-state index contributed by atoms with van der Waals surface area (Å²) in [5.74, 6) is 1.47. The molecule has 0 amide bonds. The normalized spacial score (nSPS) is 50.5. The average Bonchev–Trinajstić information content (AvgIpc) is 2.69. The molecule has 1 saturated carbocycles. The first-order chi connectivity index (χ1) is 8.19. The van der Waals surface area contributed by atoms with Gasteiger partial charge in [-0.15, -0.1) is 0 Å². The quantitative estimate of drug-likeness (QED) is 0.774. The maximum atomic E-state index is 11.1. The first-order valence-corrected chi connectivity index (χ1v) is 7.68. The van der Waals surface area contributed by atoms with Crippen LogP contribution in [0.15, 0.2) is 0 Å². The van der Waals surface area contributed by atoms with Gasteiger partial charge in [0.1, 0.15) is 0 Å². The fourth-order valence-electron chi connectivity index (χ4n) is 4.64. The highest BCUT2D eigenvalue weighted by Gasteiger charge is 2.47. The molecule has 0 aromatic carbocycles. The molecule has 0 radical (unpaired) electrons. The molecule has 4 atom stereocenters. The highest BCUT2D eigenvalue weighted by atomic mass is 16.3. The summed E-state index contributed by atoms with van der Waals surface area (Å²) in [6.07, 6.45) is 11.2. The van der Waals surface area contributed by atoms with Crippen molar-refractivity contribution in [2.75, 3.05) is 0 Å². The maximum absolute atomic E-state index is 11.1. The van der Waals surface area contributed by atoms with E-state index in [2.05, 4.69) is 12.2 Å². The molecule has 3 aliphatic rings. The number of piperidine rings is 1. The first-order valence-electron chi connectivity index (χ1n) is 7.68. The molecule has 2 aliphatic heterocycles. The molecule has 2 nitrogen and oxygen atoms in total. The van der Waals surface area contributed by atoms with Crippen LogP contribution in [-0.2, 0) is 0 Å². The van der Waals surface area contributed by atoms with Crippen molar-refractivity contribution in [1.29, 1.82) is 0 Å². The third kappa shape index (κ3) is 2.26. The molecule has 0 aromatic rings. The van der Waals surface area contributed by atoms with Crippen molar-refractivity contribution in [3.05, 3.63) is 0 Å². The lowest BCUT2D eigenvalue weighted by Gasteiger charge is -2.45. The zero-order valence-electron chi connectivity index (χ0n) is 11.1. The Morgan fingerprint density at radius 3 is 2.47 bits per heavy atom. The third-order valence-corrected chi connectivity index (χ3v) is 5.65. The molecular formula is C15H27NO. The van der Waals surface area contributed by atoms with Crippen molar-refractivity contribution >= 4 is 0 Å². The van der Waals surface area contributed by atoms with Gasteiger partial charge in [-0.2, -0.15) is 0 Å². The Kier molecular flexibility index (Phi) is 3.20. The minimum absolute atomic E-state index is 0.328. The zero-order chi connectivity index (χ0) is 11.9. The molecular weight excluding hydrogens is 210 g/mol. The molecule has 98 valence electrons. The van der Waals surface area contributed by atoms with E-state index >= 15 is 0 Å². The van der Waals surface area contributed by atoms with E-state index in [1.165, 1.54) is 44.9 Å². The number of rotatable bonds is 2. The van der Waals surface area contributed by atoms with Crippen LogP contribution in [0.3, 0.4) is 0 Å². The topological polar surface area (TPSA) is 32.3 Å². The Bertz CT molecular complexity index is 266. The zero-order valence-corrected chi connectivity index (χ0v) is 11.1. The molecule has 3 rings (SSSR count). The Morgan fingerprint density at radius 1 is 1.12 bits per heavy atom. The van der Waals surface area contributed by atoms with Crippen LogP contribution in [0, 0.1) is 11.8 Å². The van der Waals surface area contributed by atoms with Gasteiger partial charge in [0.25, 0.3) is 0 Å². The van der Waals surface area contributed by atoms with Crippen LogP contribution in [0.25, 0.3) is 0 Å². The minimum atomic E-state index is -0.328. The summed E-state index contributed by atoms with van der Waals surface area (Å²) in [4.78, 5) is 0. The molecule has 2 N–H and O–H groups in total. The van der Waals surface area contributed by atoms with Crippen LogP contribution in [-0.4, -0.2) is 22.8 Å². The van der Waals surface area contributed by atoms with Gasteiger partial charge in [0.15, 0.2) is 0 Å². The van der Waals surface area contributed by atoms with Gasteiger partial charge in [-0.05, 0) is 50.4 Å². The summed E-state index contributed by atoms with van der Waals surface area (Å²) in [7, 11) is 0. The molecule has 2 bridgehead atoms. The Morgan fingerprint density at radius 2 is 1.82 bits per heavy atom. The SMILES string of the molecule is CCC1CCCC(C2(O)CC3CCC(C2)N3)C1. The van der Waals surface area contributed by atoms with Crippen LogP contribution in [0.4, 0.5) is 0 Å². The number of aliphatic hydroxyl groups is 1. The van der Waals surface area contributed by atoms with E-state index in [9.17, 15) is 5.11 Å². The molecule has 1 aliphatic carbocycles. The van der Waals surface area contributed by atoms with Gasteiger partial charge >= 0.3 is 0 Å². The lowest BCUT2D eigenvalue weighted by atomic mass is 9.67. The van der Waals surface area contributed by atoms with Crippen molar-refractivity contribution in [3.8, 4) is 0 Å². The predicted octanol–water partition coefficient (Wildman–Crippen LogP) is 2.85. The fraction of sp³-hybridized carbons (Fsp3) is 1.00. The first kappa shape index (κ1) is 12.0. The van der Waals surface area contributed by atoms with Crippen LogP contribution in [0.2, 0.25) is 0 Å². The lowest BCUT2D eigenvalue weighted by molar-refractivity contribution is -0.0754. The largest absolute Gasteiger partial charge is 0.389 e. The number of hydrogen-bond donors (Lipinski definition) is 2. The van der Waals surface area contributed by atoms with Crippen molar-refractivity contribution < 1.29 is 5.11 Å². The van der Waals surface area contributed by atoms with E-state index < -0.39 is 0 Å². The van der Waals surface area contributed by atoms with Gasteiger partial charge in [-0.1, -0.05) is 26.2 Å². The van der Waals surface area contributed by atoms with E-state index in [0.717, 1.165) is 18.8 Å². The number of nitrogens with one attached hydrogen (secondary N) is 1. The second-order valence-electron chi connectivity index (χ2n) is 6.79. The molecule has 17 heavy (non-hydrogen) atoms. The van der Waals surface area contributed by atoms with Gasteiger partial charge in [0, 0.05) is 12.1 Å². The van der Waals surface area contributed by atoms with Gasteiger partial charge in [0.2, 0.25) is 0 Å². The van der Waals surface area contributed by atoms with Gasteiger partial charge in [0.05, 0.1) is 5.60 Å². The molecule has 2 saturated heterocycles. The monoisotopic (exact) mass is 237 g/mol. The summed E-state index contributed by atoms with van der Waals surface area (Å²) in [6.45, 7) is 2.31. The molecule has 2 heteroatoms. The fourth-order valence-corrected chi connectivity index (χ4v) is 4.64. The van der Waals surface area contributed by atoms with E-state index in [-0.39, 0.29) is 5.60 Å². The van der Waals surface area contributed by atoms with Crippen LogP contribution in [0.1, 0.15) is 64.7 Å². The second-order valence-corrected chi connectivity index (χ2v) is 6.79. The number of fused-ring (bicyclic) bond motifs is 2. The van der Waals surface area contributed by atoms with E-state index in [1.807, 2.05) is 0 Å².